The first-order valence-electron chi connectivity index (χ1n) is 6.94. The lowest BCUT2D eigenvalue weighted by Crippen LogP contribution is -2.30. The molecule has 0 aliphatic heterocycles. The number of nitrogens with zero attached hydrogens (tertiary/aromatic N) is 4. The van der Waals surface area contributed by atoms with Gasteiger partial charge in [-0.15, -0.1) is 11.6 Å². The van der Waals surface area contributed by atoms with Gasteiger partial charge in [0.2, 0.25) is 5.88 Å². The van der Waals surface area contributed by atoms with E-state index in [0.717, 1.165) is 24.3 Å². The van der Waals surface area contributed by atoms with E-state index in [-0.39, 0.29) is 5.54 Å². The monoisotopic (exact) mass is 296 g/mol. The Morgan fingerprint density at radius 3 is 2.55 bits per heavy atom. The molecule has 5 nitrogen and oxygen atoms in total. The van der Waals surface area contributed by atoms with Gasteiger partial charge in [-0.1, -0.05) is 13.8 Å². The predicted molar refractivity (Wildman–Crippen MR) is 80.5 cm³/mol. The molecule has 0 aliphatic carbocycles. The van der Waals surface area contributed by atoms with E-state index in [1.165, 1.54) is 6.33 Å². The van der Waals surface area contributed by atoms with Crippen molar-refractivity contribution < 1.29 is 4.74 Å². The van der Waals surface area contributed by atoms with Gasteiger partial charge in [0.05, 0.1) is 7.11 Å². The highest BCUT2D eigenvalue weighted by molar-refractivity contribution is 6.17. The van der Waals surface area contributed by atoms with E-state index >= 15 is 0 Å². The summed E-state index contributed by atoms with van der Waals surface area (Å²) in [6, 6.07) is 0. The number of hydrogen-bond donors (Lipinski definition) is 0. The van der Waals surface area contributed by atoms with E-state index < -0.39 is 0 Å². The first kappa shape index (κ1) is 15.0. The number of alkyl halides is 1. The first-order chi connectivity index (χ1) is 9.61. The molecule has 0 aliphatic rings. The minimum Gasteiger partial charge on any atom is -0.479 e. The SMILES string of the molecule is CCC(C)(CC)n1c(CCCl)nc2c(OC)ncnc21. The summed E-state index contributed by atoms with van der Waals surface area (Å²) >= 11 is 5.93. The second-order valence-electron chi connectivity index (χ2n) is 5.06. The normalized spacial score (nSPS) is 12.1. The summed E-state index contributed by atoms with van der Waals surface area (Å²) in [4.78, 5) is 13.2. The topological polar surface area (TPSA) is 52.8 Å². The van der Waals surface area contributed by atoms with Crippen LogP contribution < -0.4 is 4.74 Å². The van der Waals surface area contributed by atoms with Crippen molar-refractivity contribution in [2.24, 2.45) is 0 Å². The number of aryl methyl sites for hydroxylation is 1. The molecule has 0 bridgehead atoms. The molecule has 110 valence electrons. The summed E-state index contributed by atoms with van der Waals surface area (Å²) in [5.74, 6) is 1.99. The largest absolute Gasteiger partial charge is 0.479 e. The van der Waals surface area contributed by atoms with Gasteiger partial charge < -0.3 is 9.30 Å². The molecule has 0 saturated carbocycles. The quantitative estimate of drug-likeness (QED) is 0.768. The van der Waals surface area contributed by atoms with Gasteiger partial charge in [0.15, 0.2) is 11.2 Å². The summed E-state index contributed by atoms with van der Waals surface area (Å²) < 4.78 is 7.50. The number of aromatic nitrogens is 4. The first-order valence-corrected chi connectivity index (χ1v) is 7.47. The Morgan fingerprint density at radius 1 is 1.30 bits per heavy atom. The highest BCUT2D eigenvalue weighted by Crippen LogP contribution is 2.32. The van der Waals surface area contributed by atoms with E-state index in [1.807, 2.05) is 0 Å². The van der Waals surface area contributed by atoms with E-state index in [1.54, 1.807) is 7.11 Å². The lowest BCUT2D eigenvalue weighted by molar-refractivity contribution is 0.293. The number of ether oxygens (including phenoxy) is 1. The Balaban J connectivity index is 2.75. The van der Waals surface area contributed by atoms with Crippen molar-refractivity contribution >= 4 is 22.8 Å². The van der Waals surface area contributed by atoms with E-state index in [2.05, 4.69) is 40.3 Å². The van der Waals surface area contributed by atoms with Crippen LogP contribution in [0.1, 0.15) is 39.4 Å². The van der Waals surface area contributed by atoms with E-state index in [9.17, 15) is 0 Å². The van der Waals surface area contributed by atoms with Crippen molar-refractivity contribution in [2.75, 3.05) is 13.0 Å². The number of imidazole rings is 1. The molecule has 20 heavy (non-hydrogen) atoms. The third-order valence-electron chi connectivity index (χ3n) is 4.05. The third kappa shape index (κ3) is 2.35. The maximum absolute atomic E-state index is 5.93. The second kappa shape index (κ2) is 5.95. The number of rotatable bonds is 6. The molecule has 0 saturated heterocycles. The standard InChI is InChI=1S/C14H21ClN4O/c1-5-14(3,6-2)19-10(7-8-15)18-11-12(19)16-9-17-13(11)20-4/h9H,5-8H2,1-4H3. The fourth-order valence-electron chi connectivity index (χ4n) is 2.45. The van der Waals surface area contributed by atoms with Crippen molar-refractivity contribution in [1.82, 2.24) is 19.5 Å². The van der Waals surface area contributed by atoms with Crippen LogP contribution in [0.3, 0.4) is 0 Å². The Bertz CT molecular complexity index is 592. The zero-order valence-corrected chi connectivity index (χ0v) is 13.2. The molecule has 2 aromatic rings. The van der Waals surface area contributed by atoms with Crippen LogP contribution in [0.2, 0.25) is 0 Å². The van der Waals surface area contributed by atoms with Crippen LogP contribution in [0.5, 0.6) is 5.88 Å². The van der Waals surface area contributed by atoms with Gasteiger partial charge in [0.1, 0.15) is 12.2 Å². The van der Waals surface area contributed by atoms with Crippen LogP contribution in [0, 0.1) is 0 Å². The third-order valence-corrected chi connectivity index (χ3v) is 4.24. The summed E-state index contributed by atoms with van der Waals surface area (Å²) in [7, 11) is 1.60. The Kier molecular flexibility index (Phi) is 4.48. The number of fused-ring (bicyclic) bond motifs is 1. The van der Waals surface area contributed by atoms with Crippen LogP contribution in [-0.2, 0) is 12.0 Å². The molecule has 2 rings (SSSR count). The molecule has 0 N–H and O–H groups in total. The molecule has 0 unspecified atom stereocenters. The zero-order chi connectivity index (χ0) is 14.8. The minimum atomic E-state index is -0.0322. The summed E-state index contributed by atoms with van der Waals surface area (Å²) in [6.45, 7) is 6.58. The molecule has 2 aromatic heterocycles. The van der Waals surface area contributed by atoms with Crippen molar-refractivity contribution in [3.05, 3.63) is 12.2 Å². The maximum atomic E-state index is 5.93. The number of methoxy groups -OCH3 is 1. The Morgan fingerprint density at radius 2 is 2.00 bits per heavy atom. The van der Waals surface area contributed by atoms with E-state index in [0.29, 0.717) is 23.7 Å². The van der Waals surface area contributed by atoms with Crippen molar-refractivity contribution in [3.63, 3.8) is 0 Å². The fourth-order valence-corrected chi connectivity index (χ4v) is 2.62. The number of hydrogen-bond acceptors (Lipinski definition) is 4. The van der Waals surface area contributed by atoms with Gasteiger partial charge in [0.25, 0.3) is 0 Å². The zero-order valence-electron chi connectivity index (χ0n) is 12.5. The van der Waals surface area contributed by atoms with Gasteiger partial charge in [-0.3, -0.25) is 0 Å². The van der Waals surface area contributed by atoms with Crippen LogP contribution in [0.25, 0.3) is 11.2 Å². The van der Waals surface area contributed by atoms with Crippen molar-refractivity contribution in [3.8, 4) is 5.88 Å². The average molecular weight is 297 g/mol. The summed E-state index contributed by atoms with van der Waals surface area (Å²) in [6.07, 6.45) is 4.22. The Hall–Kier alpha value is -1.36. The van der Waals surface area contributed by atoms with Crippen molar-refractivity contribution in [2.45, 2.75) is 45.6 Å². The van der Waals surface area contributed by atoms with Crippen LogP contribution in [-0.4, -0.2) is 32.5 Å². The molecular weight excluding hydrogens is 276 g/mol. The van der Waals surface area contributed by atoms with Crippen LogP contribution >= 0.6 is 11.6 Å². The van der Waals surface area contributed by atoms with Crippen LogP contribution in [0.15, 0.2) is 6.33 Å². The van der Waals surface area contributed by atoms with Gasteiger partial charge in [-0.25, -0.2) is 9.97 Å². The Labute approximate surface area is 124 Å². The molecule has 0 fully saturated rings. The molecule has 2 heterocycles. The van der Waals surface area contributed by atoms with Crippen molar-refractivity contribution in [1.29, 1.82) is 0 Å². The van der Waals surface area contributed by atoms with Gasteiger partial charge in [-0.05, 0) is 19.8 Å². The summed E-state index contributed by atoms with van der Waals surface area (Å²) in [5, 5.41) is 0. The van der Waals surface area contributed by atoms with Gasteiger partial charge in [0, 0.05) is 17.8 Å². The highest BCUT2D eigenvalue weighted by atomic mass is 35.5. The average Bonchev–Trinajstić information content (AvgIpc) is 2.85. The number of halogens is 1. The molecule has 0 spiro atoms. The molecule has 6 heteroatoms. The molecule has 0 amide bonds. The lowest BCUT2D eigenvalue weighted by Gasteiger charge is -2.30. The van der Waals surface area contributed by atoms with E-state index in [4.69, 9.17) is 16.3 Å². The maximum Gasteiger partial charge on any atom is 0.245 e. The van der Waals surface area contributed by atoms with Gasteiger partial charge >= 0.3 is 0 Å². The highest BCUT2D eigenvalue weighted by Gasteiger charge is 2.29. The minimum absolute atomic E-state index is 0.0322. The molecule has 0 radical (unpaired) electrons. The van der Waals surface area contributed by atoms with Gasteiger partial charge in [-0.2, -0.15) is 4.98 Å². The second-order valence-corrected chi connectivity index (χ2v) is 5.44. The fraction of sp³-hybridized carbons (Fsp3) is 0.643. The molecule has 0 aromatic carbocycles. The molecular formula is C14H21ClN4O. The molecule has 0 atom stereocenters. The summed E-state index contributed by atoms with van der Waals surface area (Å²) in [5.41, 5.74) is 1.50. The van der Waals surface area contributed by atoms with Crippen LogP contribution in [0.4, 0.5) is 0 Å². The lowest BCUT2D eigenvalue weighted by atomic mass is 9.95. The predicted octanol–water partition coefficient (Wildman–Crippen LogP) is 3.15. The smallest absolute Gasteiger partial charge is 0.245 e.